The van der Waals surface area contributed by atoms with Gasteiger partial charge in [0.2, 0.25) is 5.88 Å². The SMILES string of the molecule is CCCCOc1ccc(C(=O)Nc2ccc(S(=O)(=O)Nc3cc(OC)ncn3)cc2)cc1Br. The lowest BCUT2D eigenvalue weighted by Gasteiger charge is -2.11. The van der Waals surface area contributed by atoms with E-state index < -0.39 is 10.0 Å². The molecule has 3 aromatic rings. The van der Waals surface area contributed by atoms with Crippen molar-refractivity contribution in [3.8, 4) is 11.6 Å². The first-order valence-electron chi connectivity index (χ1n) is 10.0. The summed E-state index contributed by atoms with van der Waals surface area (Å²) >= 11 is 3.42. The first-order chi connectivity index (χ1) is 15.8. The molecule has 0 saturated carbocycles. The summed E-state index contributed by atoms with van der Waals surface area (Å²) in [5, 5.41) is 2.75. The first-order valence-corrected chi connectivity index (χ1v) is 12.3. The summed E-state index contributed by atoms with van der Waals surface area (Å²) in [5.41, 5.74) is 0.878. The van der Waals surface area contributed by atoms with Crippen molar-refractivity contribution >= 4 is 43.4 Å². The summed E-state index contributed by atoms with van der Waals surface area (Å²) in [5.74, 6) is 0.640. The molecule has 33 heavy (non-hydrogen) atoms. The number of unbranched alkanes of at least 4 members (excludes halogenated alkanes) is 1. The Kier molecular flexibility index (Phi) is 8.23. The molecule has 0 unspecified atom stereocenters. The fraction of sp³-hybridized carbons (Fsp3) is 0.227. The molecule has 2 aromatic carbocycles. The second kappa shape index (κ2) is 11.1. The molecule has 0 bridgehead atoms. The average molecular weight is 535 g/mol. The van der Waals surface area contributed by atoms with Gasteiger partial charge in [-0.3, -0.25) is 9.52 Å². The summed E-state index contributed by atoms with van der Waals surface area (Å²) in [4.78, 5) is 20.3. The third-order valence-electron chi connectivity index (χ3n) is 4.46. The molecule has 9 nitrogen and oxygen atoms in total. The highest BCUT2D eigenvalue weighted by Gasteiger charge is 2.16. The Morgan fingerprint density at radius 2 is 1.85 bits per heavy atom. The molecule has 3 rings (SSSR count). The molecule has 0 fully saturated rings. The molecule has 0 spiro atoms. The predicted molar refractivity (Wildman–Crippen MR) is 128 cm³/mol. The van der Waals surface area contributed by atoms with Gasteiger partial charge in [-0.25, -0.2) is 18.4 Å². The second-order valence-electron chi connectivity index (χ2n) is 6.88. The summed E-state index contributed by atoms with van der Waals surface area (Å²) in [6.45, 7) is 2.69. The number of ether oxygens (including phenoxy) is 2. The molecule has 174 valence electrons. The van der Waals surface area contributed by atoms with E-state index in [9.17, 15) is 13.2 Å². The minimum absolute atomic E-state index is 0.00871. The van der Waals surface area contributed by atoms with Gasteiger partial charge in [-0.1, -0.05) is 13.3 Å². The summed E-state index contributed by atoms with van der Waals surface area (Å²) in [6.07, 6.45) is 3.17. The van der Waals surface area contributed by atoms with Gasteiger partial charge >= 0.3 is 0 Å². The molecule has 0 atom stereocenters. The zero-order valence-corrected chi connectivity index (χ0v) is 20.4. The Balaban J connectivity index is 1.66. The van der Waals surface area contributed by atoms with Crippen LogP contribution in [-0.4, -0.2) is 38.0 Å². The largest absolute Gasteiger partial charge is 0.492 e. The van der Waals surface area contributed by atoms with Gasteiger partial charge in [0.25, 0.3) is 15.9 Å². The maximum absolute atomic E-state index is 12.6. The molecule has 0 aliphatic rings. The van der Waals surface area contributed by atoms with Crippen LogP contribution in [0.1, 0.15) is 30.1 Å². The van der Waals surface area contributed by atoms with Crippen LogP contribution in [0.15, 0.2) is 64.2 Å². The van der Waals surface area contributed by atoms with E-state index in [1.165, 1.54) is 43.8 Å². The van der Waals surface area contributed by atoms with Gasteiger partial charge < -0.3 is 14.8 Å². The van der Waals surface area contributed by atoms with Crippen LogP contribution in [0.3, 0.4) is 0 Å². The maximum atomic E-state index is 12.6. The number of benzene rings is 2. The van der Waals surface area contributed by atoms with Crippen molar-refractivity contribution in [2.75, 3.05) is 23.8 Å². The van der Waals surface area contributed by atoms with Crippen molar-refractivity contribution in [1.82, 2.24) is 9.97 Å². The number of rotatable bonds is 10. The number of hydrogen-bond donors (Lipinski definition) is 2. The van der Waals surface area contributed by atoms with Gasteiger partial charge in [0.05, 0.1) is 23.1 Å². The third-order valence-corrected chi connectivity index (χ3v) is 6.45. The van der Waals surface area contributed by atoms with Crippen LogP contribution in [0.2, 0.25) is 0 Å². The smallest absolute Gasteiger partial charge is 0.263 e. The van der Waals surface area contributed by atoms with Crippen molar-refractivity contribution in [3.05, 3.63) is 64.9 Å². The molecular weight excluding hydrogens is 512 g/mol. The van der Waals surface area contributed by atoms with Crippen LogP contribution in [0.25, 0.3) is 0 Å². The highest BCUT2D eigenvalue weighted by Crippen LogP contribution is 2.27. The third kappa shape index (κ3) is 6.65. The molecule has 11 heteroatoms. The lowest BCUT2D eigenvalue weighted by Crippen LogP contribution is -2.15. The summed E-state index contributed by atoms with van der Waals surface area (Å²) < 4.78 is 38.9. The number of nitrogens with one attached hydrogen (secondary N) is 2. The van der Waals surface area contributed by atoms with Crippen LogP contribution in [0.4, 0.5) is 11.5 Å². The van der Waals surface area contributed by atoms with Gasteiger partial charge in [0, 0.05) is 17.3 Å². The second-order valence-corrected chi connectivity index (χ2v) is 9.41. The van der Waals surface area contributed by atoms with Crippen molar-refractivity contribution in [3.63, 3.8) is 0 Å². The number of sulfonamides is 1. The van der Waals surface area contributed by atoms with Crippen molar-refractivity contribution in [1.29, 1.82) is 0 Å². The molecule has 0 radical (unpaired) electrons. The number of carbonyl (C=O) groups is 1. The topological polar surface area (TPSA) is 120 Å². The maximum Gasteiger partial charge on any atom is 0.263 e. The van der Waals surface area contributed by atoms with E-state index in [1.807, 2.05) is 0 Å². The normalized spacial score (nSPS) is 11.0. The van der Waals surface area contributed by atoms with E-state index in [0.717, 1.165) is 12.8 Å². The molecule has 1 aromatic heterocycles. The van der Waals surface area contributed by atoms with Gasteiger partial charge in [-0.2, -0.15) is 0 Å². The zero-order valence-electron chi connectivity index (χ0n) is 18.0. The highest BCUT2D eigenvalue weighted by atomic mass is 79.9. The molecule has 1 amide bonds. The molecular formula is C22H23BrN4O5S. The summed E-state index contributed by atoms with van der Waals surface area (Å²) in [6, 6.07) is 12.2. The van der Waals surface area contributed by atoms with Gasteiger partial charge in [-0.05, 0) is 64.8 Å². The Hall–Kier alpha value is -3.18. The van der Waals surface area contributed by atoms with Crippen molar-refractivity contribution in [2.24, 2.45) is 0 Å². The zero-order chi connectivity index (χ0) is 23.8. The number of anilines is 2. The van der Waals surface area contributed by atoms with Crippen LogP contribution in [0.5, 0.6) is 11.6 Å². The van der Waals surface area contributed by atoms with E-state index in [2.05, 4.69) is 42.9 Å². The van der Waals surface area contributed by atoms with Crippen LogP contribution in [-0.2, 0) is 10.0 Å². The summed E-state index contributed by atoms with van der Waals surface area (Å²) in [7, 11) is -2.47. The minimum Gasteiger partial charge on any atom is -0.492 e. The fourth-order valence-corrected chi connectivity index (χ4v) is 4.20. The monoisotopic (exact) mass is 534 g/mol. The quantitative estimate of drug-likeness (QED) is 0.368. The fourth-order valence-electron chi connectivity index (χ4n) is 2.71. The van der Waals surface area contributed by atoms with Crippen LogP contribution in [0, 0.1) is 0 Å². The van der Waals surface area contributed by atoms with E-state index in [0.29, 0.717) is 28.1 Å². The van der Waals surface area contributed by atoms with Crippen molar-refractivity contribution < 1.29 is 22.7 Å². The Bertz CT molecular complexity index is 1220. The Morgan fingerprint density at radius 3 is 2.52 bits per heavy atom. The van der Waals surface area contributed by atoms with Crippen molar-refractivity contribution in [2.45, 2.75) is 24.7 Å². The lowest BCUT2D eigenvalue weighted by atomic mass is 10.2. The molecule has 0 saturated heterocycles. The van der Waals surface area contributed by atoms with E-state index in [4.69, 9.17) is 9.47 Å². The van der Waals surface area contributed by atoms with E-state index in [1.54, 1.807) is 18.2 Å². The minimum atomic E-state index is -3.88. The molecule has 0 aliphatic heterocycles. The highest BCUT2D eigenvalue weighted by molar-refractivity contribution is 9.10. The lowest BCUT2D eigenvalue weighted by molar-refractivity contribution is 0.102. The number of halogens is 1. The van der Waals surface area contributed by atoms with E-state index in [-0.39, 0.29) is 22.5 Å². The van der Waals surface area contributed by atoms with Crippen LogP contribution >= 0.6 is 15.9 Å². The number of carbonyl (C=O) groups excluding carboxylic acids is 1. The van der Waals surface area contributed by atoms with Gasteiger partial charge in [0.1, 0.15) is 17.9 Å². The number of nitrogens with zero attached hydrogens (tertiary/aromatic N) is 2. The van der Waals surface area contributed by atoms with Gasteiger partial charge in [-0.15, -0.1) is 0 Å². The Labute approximate surface area is 200 Å². The first kappa shape index (κ1) is 24.5. The standard InChI is InChI=1S/C22H23BrN4O5S/c1-3-4-11-32-19-10-5-15(12-18(19)23)22(28)26-16-6-8-17(9-7-16)33(29,30)27-20-13-21(31-2)25-14-24-20/h5-10,12-14H,3-4,11H2,1-2H3,(H,26,28)(H,24,25,27). The van der Waals surface area contributed by atoms with Crippen LogP contribution < -0.4 is 19.5 Å². The van der Waals surface area contributed by atoms with E-state index >= 15 is 0 Å². The molecule has 0 aliphatic carbocycles. The Morgan fingerprint density at radius 1 is 1.09 bits per heavy atom. The number of amides is 1. The molecule has 1 heterocycles. The molecule has 2 N–H and O–H groups in total. The number of hydrogen-bond acceptors (Lipinski definition) is 7. The van der Waals surface area contributed by atoms with Gasteiger partial charge in [0.15, 0.2) is 0 Å². The average Bonchev–Trinajstić information content (AvgIpc) is 2.80. The number of methoxy groups -OCH3 is 1. The predicted octanol–water partition coefficient (Wildman–Crippen LogP) is 4.48. The number of aromatic nitrogens is 2.